The summed E-state index contributed by atoms with van der Waals surface area (Å²) in [7, 11) is -3.25. The predicted molar refractivity (Wildman–Crippen MR) is 72.6 cm³/mol. The molecule has 0 aliphatic rings. The van der Waals surface area contributed by atoms with Crippen molar-refractivity contribution < 1.29 is 13.2 Å². The van der Waals surface area contributed by atoms with Crippen LogP contribution in [0.3, 0.4) is 0 Å². The minimum atomic E-state index is -3.25. The topological polar surface area (TPSA) is 51.2 Å². The lowest BCUT2D eigenvalue weighted by atomic mass is 10.0. The number of benzene rings is 1. The molecule has 0 fully saturated rings. The summed E-state index contributed by atoms with van der Waals surface area (Å²) < 4.78 is 22.8. The Kier molecular flexibility index (Phi) is 5.08. The van der Waals surface area contributed by atoms with Crippen LogP contribution in [-0.2, 0) is 9.84 Å². The van der Waals surface area contributed by atoms with Crippen molar-refractivity contribution in [2.75, 3.05) is 6.26 Å². The van der Waals surface area contributed by atoms with Gasteiger partial charge in [-0.2, -0.15) is 0 Å². The lowest BCUT2D eigenvalue weighted by Gasteiger charge is -2.05. The van der Waals surface area contributed by atoms with Crippen LogP contribution in [0.2, 0.25) is 0 Å². The fraction of sp³-hybridized carbons (Fsp3) is 0.500. The van der Waals surface area contributed by atoms with E-state index >= 15 is 0 Å². The molecule has 4 heteroatoms. The molecule has 0 radical (unpaired) electrons. The molecule has 3 nitrogen and oxygen atoms in total. The van der Waals surface area contributed by atoms with Gasteiger partial charge in [0, 0.05) is 18.2 Å². The molecule has 0 bridgehead atoms. The molecule has 0 aromatic heterocycles. The fourth-order valence-corrected chi connectivity index (χ4v) is 2.38. The first-order valence-corrected chi connectivity index (χ1v) is 8.03. The molecule has 100 valence electrons. The third-order valence-electron chi connectivity index (χ3n) is 2.77. The van der Waals surface area contributed by atoms with Gasteiger partial charge < -0.3 is 0 Å². The maximum atomic E-state index is 11.9. The van der Waals surface area contributed by atoms with E-state index in [9.17, 15) is 13.2 Å². The number of carbonyl (C=O) groups excluding carboxylic acids is 1. The minimum Gasteiger partial charge on any atom is -0.294 e. The summed E-state index contributed by atoms with van der Waals surface area (Å²) in [6, 6.07) is 6.27. The van der Waals surface area contributed by atoms with Crippen LogP contribution < -0.4 is 0 Å². The molecule has 0 amide bonds. The molecule has 1 aromatic rings. The molecule has 0 unspecified atom stereocenters. The summed E-state index contributed by atoms with van der Waals surface area (Å²) in [5.74, 6) is 0.598. The van der Waals surface area contributed by atoms with E-state index in [0.717, 1.165) is 19.1 Å². The lowest BCUT2D eigenvalue weighted by Crippen LogP contribution is -2.03. The number of hydrogen-bond acceptors (Lipinski definition) is 3. The number of Topliss-reactive ketones (excluding diaryl/α,β-unsaturated/α-hetero) is 1. The van der Waals surface area contributed by atoms with Gasteiger partial charge in [-0.3, -0.25) is 4.79 Å². The summed E-state index contributed by atoms with van der Waals surface area (Å²) in [5, 5.41) is 0. The number of sulfone groups is 1. The zero-order valence-corrected chi connectivity index (χ0v) is 12.0. The van der Waals surface area contributed by atoms with Gasteiger partial charge >= 0.3 is 0 Å². The van der Waals surface area contributed by atoms with Crippen molar-refractivity contribution in [3.05, 3.63) is 29.8 Å². The van der Waals surface area contributed by atoms with E-state index in [-0.39, 0.29) is 10.7 Å². The molecule has 0 aliphatic heterocycles. The zero-order valence-electron chi connectivity index (χ0n) is 11.1. The molecule has 0 atom stereocenters. The molecule has 0 aliphatic carbocycles. The lowest BCUT2D eigenvalue weighted by molar-refractivity contribution is 0.0978. The molecule has 0 N–H and O–H groups in total. The van der Waals surface area contributed by atoms with Gasteiger partial charge in [0.25, 0.3) is 0 Å². The van der Waals surface area contributed by atoms with Crippen LogP contribution in [0.15, 0.2) is 29.2 Å². The molecule has 0 spiro atoms. The summed E-state index contributed by atoms with van der Waals surface area (Å²) in [5.41, 5.74) is 0.488. The average molecular weight is 268 g/mol. The first-order chi connectivity index (χ1) is 8.30. The maximum absolute atomic E-state index is 11.9. The van der Waals surface area contributed by atoms with Crippen molar-refractivity contribution in [3.8, 4) is 0 Å². The Balaban J connectivity index is 2.75. The van der Waals surface area contributed by atoms with Crippen molar-refractivity contribution in [2.45, 2.75) is 38.0 Å². The Morgan fingerprint density at radius 1 is 1.28 bits per heavy atom. The first-order valence-electron chi connectivity index (χ1n) is 6.14. The van der Waals surface area contributed by atoms with Gasteiger partial charge in [-0.25, -0.2) is 8.42 Å². The van der Waals surface area contributed by atoms with Gasteiger partial charge in [-0.1, -0.05) is 32.4 Å². The molecule has 0 heterocycles. The van der Waals surface area contributed by atoms with Crippen molar-refractivity contribution in [3.63, 3.8) is 0 Å². The Labute approximate surface area is 109 Å². The van der Waals surface area contributed by atoms with Crippen molar-refractivity contribution in [1.82, 2.24) is 0 Å². The first kappa shape index (κ1) is 14.9. The molecule has 0 saturated heterocycles. The normalized spacial score (nSPS) is 11.8. The highest BCUT2D eigenvalue weighted by atomic mass is 32.2. The van der Waals surface area contributed by atoms with E-state index in [1.165, 1.54) is 12.1 Å². The Morgan fingerprint density at radius 2 is 1.94 bits per heavy atom. The van der Waals surface area contributed by atoms with Gasteiger partial charge in [0.2, 0.25) is 0 Å². The summed E-state index contributed by atoms with van der Waals surface area (Å²) in [4.78, 5) is 12.1. The maximum Gasteiger partial charge on any atom is 0.175 e. The van der Waals surface area contributed by atoms with E-state index in [1.54, 1.807) is 12.1 Å². The van der Waals surface area contributed by atoms with Crippen LogP contribution in [0.1, 0.15) is 43.5 Å². The van der Waals surface area contributed by atoms with E-state index in [0.29, 0.717) is 17.9 Å². The molecular formula is C14H20O3S. The molecule has 1 aromatic carbocycles. The van der Waals surface area contributed by atoms with Crippen molar-refractivity contribution in [1.29, 1.82) is 0 Å². The van der Waals surface area contributed by atoms with Crippen LogP contribution in [0.4, 0.5) is 0 Å². The van der Waals surface area contributed by atoms with E-state index < -0.39 is 9.84 Å². The zero-order chi connectivity index (χ0) is 13.8. The van der Waals surface area contributed by atoms with Crippen molar-refractivity contribution in [2.24, 2.45) is 5.92 Å². The second-order valence-electron chi connectivity index (χ2n) is 5.01. The van der Waals surface area contributed by atoms with Gasteiger partial charge in [0.1, 0.15) is 0 Å². The molecule has 18 heavy (non-hydrogen) atoms. The fourth-order valence-electron chi connectivity index (χ4n) is 1.72. The van der Waals surface area contributed by atoms with Gasteiger partial charge in [-0.05, 0) is 24.5 Å². The second-order valence-corrected chi connectivity index (χ2v) is 7.02. The number of ketones is 1. The quantitative estimate of drug-likeness (QED) is 0.745. The van der Waals surface area contributed by atoms with E-state index in [1.807, 2.05) is 0 Å². The number of hydrogen-bond donors (Lipinski definition) is 0. The third kappa shape index (κ3) is 4.61. The van der Waals surface area contributed by atoms with Gasteiger partial charge in [0.15, 0.2) is 15.6 Å². The van der Waals surface area contributed by atoms with E-state index in [2.05, 4.69) is 13.8 Å². The smallest absolute Gasteiger partial charge is 0.175 e. The van der Waals surface area contributed by atoms with Crippen LogP contribution >= 0.6 is 0 Å². The van der Waals surface area contributed by atoms with E-state index in [4.69, 9.17) is 0 Å². The third-order valence-corrected chi connectivity index (χ3v) is 3.88. The van der Waals surface area contributed by atoms with Gasteiger partial charge in [0.05, 0.1) is 4.90 Å². The second kappa shape index (κ2) is 6.14. The standard InChI is InChI=1S/C14H20O3S/c1-11(2)6-4-9-14(15)12-7-5-8-13(10-12)18(3,16)17/h5,7-8,10-11H,4,6,9H2,1-3H3. The summed E-state index contributed by atoms with van der Waals surface area (Å²) in [6.45, 7) is 4.24. The van der Waals surface area contributed by atoms with Crippen LogP contribution in [0, 0.1) is 5.92 Å². The molecule has 0 saturated carbocycles. The number of carbonyl (C=O) groups is 1. The summed E-state index contributed by atoms with van der Waals surface area (Å²) >= 11 is 0. The largest absolute Gasteiger partial charge is 0.294 e. The monoisotopic (exact) mass is 268 g/mol. The highest BCUT2D eigenvalue weighted by Gasteiger charge is 2.11. The predicted octanol–water partition coefficient (Wildman–Crippen LogP) is 3.10. The SMILES string of the molecule is CC(C)CCCC(=O)c1cccc(S(C)(=O)=O)c1. The molecule has 1 rings (SSSR count). The van der Waals surface area contributed by atoms with Crippen LogP contribution in [0.25, 0.3) is 0 Å². The Bertz CT molecular complexity index is 516. The highest BCUT2D eigenvalue weighted by molar-refractivity contribution is 7.90. The summed E-state index contributed by atoms with van der Waals surface area (Å²) in [6.07, 6.45) is 3.48. The number of rotatable bonds is 6. The van der Waals surface area contributed by atoms with Gasteiger partial charge in [-0.15, -0.1) is 0 Å². The van der Waals surface area contributed by atoms with Crippen molar-refractivity contribution >= 4 is 15.6 Å². The highest BCUT2D eigenvalue weighted by Crippen LogP contribution is 2.15. The molecular weight excluding hydrogens is 248 g/mol. The Hall–Kier alpha value is -1.16. The van der Waals surface area contributed by atoms with Crippen LogP contribution in [0.5, 0.6) is 0 Å². The average Bonchev–Trinajstić information content (AvgIpc) is 2.27. The van der Waals surface area contributed by atoms with Crippen LogP contribution in [-0.4, -0.2) is 20.5 Å². The minimum absolute atomic E-state index is 0.0150. The Morgan fingerprint density at radius 3 is 2.50 bits per heavy atom.